The number of benzene rings is 1. The Kier molecular flexibility index (Phi) is 3.69. The van der Waals surface area contributed by atoms with Crippen molar-refractivity contribution in [2.45, 2.75) is 12.8 Å². The predicted octanol–water partition coefficient (Wildman–Crippen LogP) is 2.65. The Morgan fingerprint density at radius 1 is 1.26 bits per heavy atom. The van der Waals surface area contributed by atoms with Crippen LogP contribution in [-0.2, 0) is 13.5 Å². The van der Waals surface area contributed by atoms with E-state index in [1.165, 1.54) is 0 Å². The van der Waals surface area contributed by atoms with Gasteiger partial charge >= 0.3 is 0 Å². The van der Waals surface area contributed by atoms with Crippen molar-refractivity contribution in [1.82, 2.24) is 9.78 Å². The third-order valence-electron chi connectivity index (χ3n) is 2.68. The Hall–Kier alpha value is -2.11. The maximum Gasteiger partial charge on any atom is 0.169 e. The molecule has 0 bridgehead atoms. The monoisotopic (exact) mass is 268 g/mol. The molecule has 2 aromatic rings. The molecule has 0 N–H and O–H groups in total. The van der Waals surface area contributed by atoms with Crippen molar-refractivity contribution in [3.05, 3.63) is 53.1 Å². The van der Waals surface area contributed by atoms with Gasteiger partial charge in [-0.25, -0.2) is 13.2 Å². The van der Waals surface area contributed by atoms with Gasteiger partial charge in [-0.15, -0.1) is 0 Å². The Labute approximate surface area is 107 Å². The molecule has 0 radical (unpaired) electrons. The van der Waals surface area contributed by atoms with Gasteiger partial charge in [0.05, 0.1) is 11.8 Å². The van der Waals surface area contributed by atoms with E-state index in [0.29, 0.717) is 18.6 Å². The first-order valence-electron chi connectivity index (χ1n) is 5.62. The first-order valence-corrected chi connectivity index (χ1v) is 5.62. The van der Waals surface area contributed by atoms with Crippen molar-refractivity contribution in [2.75, 3.05) is 0 Å². The highest BCUT2D eigenvalue weighted by atomic mass is 19.1. The lowest BCUT2D eigenvalue weighted by atomic mass is 10.0. The number of hydrogen-bond donors (Lipinski definition) is 0. The van der Waals surface area contributed by atoms with Crippen LogP contribution in [0, 0.1) is 17.5 Å². The van der Waals surface area contributed by atoms with Crippen molar-refractivity contribution in [2.24, 2.45) is 7.05 Å². The van der Waals surface area contributed by atoms with Gasteiger partial charge in [-0.05, 0) is 12.0 Å². The SMILES string of the molecule is Cn1cc(CCC(=O)c2c(F)cc(F)cc2F)cn1. The molecule has 0 aliphatic heterocycles. The summed E-state index contributed by atoms with van der Waals surface area (Å²) in [4.78, 5) is 11.7. The van der Waals surface area contributed by atoms with E-state index in [2.05, 4.69) is 5.10 Å². The fraction of sp³-hybridized carbons (Fsp3) is 0.231. The first kappa shape index (κ1) is 13.3. The molecule has 19 heavy (non-hydrogen) atoms. The molecule has 0 saturated carbocycles. The highest BCUT2D eigenvalue weighted by Gasteiger charge is 2.18. The molecule has 6 heteroatoms. The van der Waals surface area contributed by atoms with Crippen LogP contribution in [0.2, 0.25) is 0 Å². The van der Waals surface area contributed by atoms with Crippen LogP contribution in [0.4, 0.5) is 13.2 Å². The fourth-order valence-electron chi connectivity index (χ4n) is 1.79. The van der Waals surface area contributed by atoms with E-state index >= 15 is 0 Å². The third kappa shape index (κ3) is 3.01. The molecule has 3 nitrogen and oxygen atoms in total. The van der Waals surface area contributed by atoms with Gasteiger partial charge in [0.25, 0.3) is 0 Å². The Morgan fingerprint density at radius 2 is 1.89 bits per heavy atom. The van der Waals surface area contributed by atoms with E-state index in [9.17, 15) is 18.0 Å². The number of halogens is 3. The van der Waals surface area contributed by atoms with Crippen LogP contribution in [0.1, 0.15) is 22.3 Å². The summed E-state index contributed by atoms with van der Waals surface area (Å²) in [5.41, 5.74) is 0.101. The van der Waals surface area contributed by atoms with Gasteiger partial charge in [0, 0.05) is 31.8 Å². The van der Waals surface area contributed by atoms with E-state index < -0.39 is 28.8 Å². The average Bonchev–Trinajstić information content (AvgIpc) is 2.71. The summed E-state index contributed by atoms with van der Waals surface area (Å²) in [6.07, 6.45) is 3.55. The van der Waals surface area contributed by atoms with Gasteiger partial charge in [0.15, 0.2) is 5.78 Å². The Bertz CT molecular complexity index is 599. The highest BCUT2D eigenvalue weighted by Crippen LogP contribution is 2.17. The predicted molar refractivity (Wildman–Crippen MR) is 62.2 cm³/mol. The molecule has 1 aromatic carbocycles. The average molecular weight is 268 g/mol. The van der Waals surface area contributed by atoms with Crippen LogP contribution >= 0.6 is 0 Å². The zero-order chi connectivity index (χ0) is 14.0. The summed E-state index contributed by atoms with van der Waals surface area (Å²) < 4.78 is 41.0. The second kappa shape index (κ2) is 5.26. The van der Waals surface area contributed by atoms with Crippen LogP contribution < -0.4 is 0 Å². The Morgan fingerprint density at radius 3 is 2.42 bits per heavy atom. The number of hydrogen-bond acceptors (Lipinski definition) is 2. The van der Waals surface area contributed by atoms with Crippen molar-refractivity contribution < 1.29 is 18.0 Å². The van der Waals surface area contributed by atoms with Crippen LogP contribution in [-0.4, -0.2) is 15.6 Å². The largest absolute Gasteiger partial charge is 0.294 e. The van der Waals surface area contributed by atoms with Gasteiger partial charge in [-0.2, -0.15) is 5.10 Å². The summed E-state index contributed by atoms with van der Waals surface area (Å²) in [6.45, 7) is 0. The minimum Gasteiger partial charge on any atom is -0.294 e. The Balaban J connectivity index is 2.12. The minimum atomic E-state index is -1.17. The van der Waals surface area contributed by atoms with Gasteiger partial charge in [-0.1, -0.05) is 0 Å². The summed E-state index contributed by atoms with van der Waals surface area (Å²) in [5, 5.41) is 3.92. The minimum absolute atomic E-state index is 0.0643. The zero-order valence-electron chi connectivity index (χ0n) is 10.2. The normalized spacial score (nSPS) is 10.7. The number of nitrogens with zero attached hydrogens (tertiary/aromatic N) is 2. The van der Waals surface area contributed by atoms with Gasteiger partial charge in [-0.3, -0.25) is 9.48 Å². The number of ketones is 1. The molecule has 1 aromatic heterocycles. The van der Waals surface area contributed by atoms with Gasteiger partial charge in [0.1, 0.15) is 17.5 Å². The van der Waals surface area contributed by atoms with Crippen LogP contribution in [0.25, 0.3) is 0 Å². The molecular formula is C13H11F3N2O. The third-order valence-corrected chi connectivity index (χ3v) is 2.68. The summed E-state index contributed by atoms with van der Waals surface area (Å²) in [5.74, 6) is -4.08. The van der Waals surface area contributed by atoms with E-state index in [-0.39, 0.29) is 6.42 Å². The summed E-state index contributed by atoms with van der Waals surface area (Å²) in [6, 6.07) is 1.00. The second-order valence-corrected chi connectivity index (χ2v) is 4.19. The number of aryl methyl sites for hydroxylation is 2. The van der Waals surface area contributed by atoms with Gasteiger partial charge in [0.2, 0.25) is 0 Å². The molecule has 0 aliphatic carbocycles. The molecule has 0 amide bonds. The molecule has 2 rings (SSSR count). The molecule has 100 valence electrons. The molecule has 0 fully saturated rings. The second-order valence-electron chi connectivity index (χ2n) is 4.19. The smallest absolute Gasteiger partial charge is 0.169 e. The van der Waals surface area contributed by atoms with Crippen molar-refractivity contribution >= 4 is 5.78 Å². The maximum atomic E-state index is 13.4. The van der Waals surface area contributed by atoms with Crippen LogP contribution in [0.5, 0.6) is 0 Å². The summed E-state index contributed by atoms with van der Waals surface area (Å²) in [7, 11) is 1.73. The molecular weight excluding hydrogens is 257 g/mol. The van der Waals surface area contributed by atoms with E-state index in [1.54, 1.807) is 24.1 Å². The maximum absolute atomic E-state index is 13.4. The number of Topliss-reactive ketones (excluding diaryl/α,β-unsaturated/α-hetero) is 1. The lowest BCUT2D eigenvalue weighted by Crippen LogP contribution is -2.08. The highest BCUT2D eigenvalue weighted by molar-refractivity contribution is 5.96. The van der Waals surface area contributed by atoms with E-state index in [4.69, 9.17) is 0 Å². The fourth-order valence-corrected chi connectivity index (χ4v) is 1.79. The molecule has 1 heterocycles. The van der Waals surface area contributed by atoms with E-state index in [1.807, 2.05) is 0 Å². The van der Waals surface area contributed by atoms with Gasteiger partial charge < -0.3 is 0 Å². The lowest BCUT2D eigenvalue weighted by molar-refractivity contribution is 0.0974. The van der Waals surface area contributed by atoms with Crippen LogP contribution in [0.15, 0.2) is 24.5 Å². The standard InChI is InChI=1S/C13H11F3N2O/c1-18-7-8(6-17-18)2-3-12(19)13-10(15)4-9(14)5-11(13)16/h4-7H,2-3H2,1H3. The molecule has 0 unspecified atom stereocenters. The van der Waals surface area contributed by atoms with Crippen LogP contribution in [0.3, 0.4) is 0 Å². The number of carbonyl (C=O) groups is 1. The zero-order valence-corrected chi connectivity index (χ0v) is 10.2. The quantitative estimate of drug-likeness (QED) is 0.799. The number of carbonyl (C=O) groups excluding carboxylic acids is 1. The molecule has 0 atom stereocenters. The molecule has 0 spiro atoms. The number of aromatic nitrogens is 2. The van der Waals surface area contributed by atoms with E-state index in [0.717, 1.165) is 5.56 Å². The number of rotatable bonds is 4. The molecule has 0 saturated heterocycles. The van der Waals surface area contributed by atoms with Crippen molar-refractivity contribution in [1.29, 1.82) is 0 Å². The summed E-state index contributed by atoms with van der Waals surface area (Å²) >= 11 is 0. The van der Waals surface area contributed by atoms with Crippen molar-refractivity contribution in [3.63, 3.8) is 0 Å². The van der Waals surface area contributed by atoms with Crippen molar-refractivity contribution in [3.8, 4) is 0 Å². The lowest BCUT2D eigenvalue weighted by Gasteiger charge is -2.04. The first-order chi connectivity index (χ1) is 8.97. The molecule has 0 aliphatic rings. The topological polar surface area (TPSA) is 34.9 Å².